The summed E-state index contributed by atoms with van der Waals surface area (Å²) >= 11 is 0. The Labute approximate surface area is 78.3 Å². The van der Waals surface area contributed by atoms with Crippen molar-refractivity contribution in [2.75, 3.05) is 13.6 Å². The van der Waals surface area contributed by atoms with Gasteiger partial charge in [-0.3, -0.25) is 9.59 Å². The lowest BCUT2D eigenvalue weighted by molar-refractivity contribution is -0.136. The van der Waals surface area contributed by atoms with E-state index in [1.54, 1.807) is 11.9 Å². The molecule has 1 fully saturated rings. The average Bonchev–Trinajstić information content (AvgIpc) is 2.51. The number of nitrogens with zero attached hydrogens (tertiary/aromatic N) is 1. The van der Waals surface area contributed by atoms with Gasteiger partial charge >= 0.3 is 0 Å². The summed E-state index contributed by atoms with van der Waals surface area (Å²) in [5, 5.41) is 2.45. The first kappa shape index (κ1) is 10.0. The van der Waals surface area contributed by atoms with E-state index >= 15 is 0 Å². The fourth-order valence-corrected chi connectivity index (χ4v) is 1.63. The maximum atomic E-state index is 11.5. The molecule has 4 heteroatoms. The van der Waals surface area contributed by atoms with Gasteiger partial charge in [0.05, 0.1) is 0 Å². The molecule has 1 N–H and O–H groups in total. The third-order valence-corrected chi connectivity index (χ3v) is 2.46. The molecule has 0 spiro atoms. The first-order chi connectivity index (χ1) is 6.15. The Balaban J connectivity index is 2.43. The van der Waals surface area contributed by atoms with Crippen LogP contribution in [0.15, 0.2) is 0 Å². The average molecular weight is 184 g/mol. The predicted octanol–water partition coefficient (Wildman–Crippen LogP) is 0.133. The smallest absolute Gasteiger partial charge is 0.232 e. The van der Waals surface area contributed by atoms with Gasteiger partial charge in [-0.2, -0.15) is 0 Å². The van der Waals surface area contributed by atoms with E-state index in [0.717, 1.165) is 19.4 Å². The molecule has 0 aliphatic carbocycles. The number of carbonyl (C=O) groups excluding carboxylic acids is 2. The molecule has 0 saturated carbocycles. The van der Waals surface area contributed by atoms with Crippen molar-refractivity contribution in [3.8, 4) is 0 Å². The van der Waals surface area contributed by atoms with Crippen LogP contribution in [0.5, 0.6) is 0 Å². The van der Waals surface area contributed by atoms with Crippen molar-refractivity contribution in [3.05, 3.63) is 0 Å². The van der Waals surface area contributed by atoms with Crippen LogP contribution in [0.4, 0.5) is 0 Å². The summed E-state index contributed by atoms with van der Waals surface area (Å²) in [6, 6.07) is 0.303. The van der Waals surface area contributed by atoms with Gasteiger partial charge in [-0.1, -0.05) is 0 Å². The molecular formula is C9H16N2O2. The summed E-state index contributed by atoms with van der Waals surface area (Å²) in [7, 11) is 1.54. The van der Waals surface area contributed by atoms with Gasteiger partial charge in [0.2, 0.25) is 11.8 Å². The standard InChI is InChI=1S/C9H16N2O2/c1-7-4-3-5-11(7)9(13)6-8(12)10-2/h7H,3-6H2,1-2H3,(H,10,12). The van der Waals surface area contributed by atoms with Crippen molar-refractivity contribution in [1.29, 1.82) is 0 Å². The number of rotatable bonds is 2. The van der Waals surface area contributed by atoms with E-state index in [0.29, 0.717) is 6.04 Å². The molecule has 1 aliphatic heterocycles. The molecular weight excluding hydrogens is 168 g/mol. The van der Waals surface area contributed by atoms with Crippen LogP contribution in [-0.2, 0) is 9.59 Å². The van der Waals surface area contributed by atoms with Crippen LogP contribution in [-0.4, -0.2) is 36.3 Å². The summed E-state index contributed by atoms with van der Waals surface area (Å²) in [6.07, 6.45) is 2.10. The molecule has 0 aromatic carbocycles. The highest BCUT2D eigenvalue weighted by atomic mass is 16.2. The van der Waals surface area contributed by atoms with Crippen LogP contribution in [0.3, 0.4) is 0 Å². The highest BCUT2D eigenvalue weighted by Crippen LogP contribution is 2.16. The second kappa shape index (κ2) is 4.25. The van der Waals surface area contributed by atoms with Gasteiger partial charge in [0.15, 0.2) is 0 Å². The fourth-order valence-electron chi connectivity index (χ4n) is 1.63. The number of hydrogen-bond acceptors (Lipinski definition) is 2. The summed E-state index contributed by atoms with van der Waals surface area (Å²) < 4.78 is 0. The van der Waals surface area contributed by atoms with E-state index < -0.39 is 0 Å². The molecule has 1 heterocycles. The van der Waals surface area contributed by atoms with Crippen molar-refractivity contribution in [1.82, 2.24) is 10.2 Å². The van der Waals surface area contributed by atoms with E-state index in [9.17, 15) is 9.59 Å². The van der Waals surface area contributed by atoms with E-state index in [2.05, 4.69) is 5.32 Å². The predicted molar refractivity (Wildman–Crippen MR) is 49.1 cm³/mol. The number of amides is 2. The molecule has 1 saturated heterocycles. The van der Waals surface area contributed by atoms with Crippen LogP contribution < -0.4 is 5.32 Å². The number of hydrogen-bond donors (Lipinski definition) is 1. The summed E-state index contributed by atoms with van der Waals surface area (Å²) in [4.78, 5) is 24.2. The maximum Gasteiger partial charge on any atom is 0.232 e. The Morgan fingerprint density at radius 1 is 1.54 bits per heavy atom. The quantitative estimate of drug-likeness (QED) is 0.620. The third kappa shape index (κ3) is 2.44. The molecule has 0 bridgehead atoms. The molecule has 1 atom stereocenters. The minimum Gasteiger partial charge on any atom is -0.359 e. The van der Waals surface area contributed by atoms with Gasteiger partial charge in [0.1, 0.15) is 6.42 Å². The molecule has 1 rings (SSSR count). The van der Waals surface area contributed by atoms with E-state index in [4.69, 9.17) is 0 Å². The van der Waals surface area contributed by atoms with E-state index in [-0.39, 0.29) is 18.2 Å². The van der Waals surface area contributed by atoms with Crippen LogP contribution >= 0.6 is 0 Å². The van der Waals surface area contributed by atoms with Gasteiger partial charge in [-0.15, -0.1) is 0 Å². The van der Waals surface area contributed by atoms with Crippen LogP contribution in [0.2, 0.25) is 0 Å². The van der Waals surface area contributed by atoms with Crippen molar-refractivity contribution in [3.63, 3.8) is 0 Å². The van der Waals surface area contributed by atoms with Gasteiger partial charge in [-0.05, 0) is 19.8 Å². The monoisotopic (exact) mass is 184 g/mol. The largest absolute Gasteiger partial charge is 0.359 e. The van der Waals surface area contributed by atoms with Crippen molar-refractivity contribution < 1.29 is 9.59 Å². The fraction of sp³-hybridized carbons (Fsp3) is 0.778. The zero-order valence-electron chi connectivity index (χ0n) is 8.17. The van der Waals surface area contributed by atoms with Crippen molar-refractivity contribution in [2.24, 2.45) is 0 Å². The van der Waals surface area contributed by atoms with Gasteiger partial charge < -0.3 is 10.2 Å². The lowest BCUT2D eigenvalue weighted by Gasteiger charge is -2.20. The van der Waals surface area contributed by atoms with Crippen LogP contribution in [0.25, 0.3) is 0 Å². The molecule has 4 nitrogen and oxygen atoms in total. The van der Waals surface area contributed by atoms with Crippen LogP contribution in [0.1, 0.15) is 26.2 Å². The normalized spacial score (nSPS) is 21.7. The molecule has 0 radical (unpaired) electrons. The molecule has 1 unspecified atom stereocenters. The highest BCUT2D eigenvalue weighted by Gasteiger charge is 2.25. The molecule has 13 heavy (non-hydrogen) atoms. The van der Waals surface area contributed by atoms with Crippen LogP contribution in [0, 0.1) is 0 Å². The van der Waals surface area contributed by atoms with Gasteiger partial charge in [0.25, 0.3) is 0 Å². The first-order valence-electron chi connectivity index (χ1n) is 4.65. The van der Waals surface area contributed by atoms with E-state index in [1.165, 1.54) is 0 Å². The highest BCUT2D eigenvalue weighted by molar-refractivity contribution is 5.96. The topological polar surface area (TPSA) is 49.4 Å². The number of likely N-dealkylation sites (tertiary alicyclic amines) is 1. The second-order valence-corrected chi connectivity index (χ2v) is 3.43. The van der Waals surface area contributed by atoms with Crippen molar-refractivity contribution in [2.45, 2.75) is 32.2 Å². The number of carbonyl (C=O) groups is 2. The maximum absolute atomic E-state index is 11.5. The Morgan fingerprint density at radius 2 is 2.23 bits per heavy atom. The minimum atomic E-state index is -0.205. The summed E-state index contributed by atoms with van der Waals surface area (Å²) in [5.41, 5.74) is 0. The lowest BCUT2D eigenvalue weighted by Crippen LogP contribution is -2.36. The summed E-state index contributed by atoms with van der Waals surface area (Å²) in [6.45, 7) is 2.83. The second-order valence-electron chi connectivity index (χ2n) is 3.43. The van der Waals surface area contributed by atoms with Gasteiger partial charge in [0, 0.05) is 19.6 Å². The Hall–Kier alpha value is -1.06. The molecule has 1 aliphatic rings. The Morgan fingerprint density at radius 3 is 2.69 bits per heavy atom. The lowest BCUT2D eigenvalue weighted by atomic mass is 10.2. The zero-order valence-corrected chi connectivity index (χ0v) is 8.17. The van der Waals surface area contributed by atoms with E-state index in [1.807, 2.05) is 6.92 Å². The third-order valence-electron chi connectivity index (χ3n) is 2.46. The number of nitrogens with one attached hydrogen (secondary N) is 1. The molecule has 74 valence electrons. The van der Waals surface area contributed by atoms with Gasteiger partial charge in [-0.25, -0.2) is 0 Å². The SMILES string of the molecule is CNC(=O)CC(=O)N1CCCC1C. The molecule has 2 amide bonds. The summed E-state index contributed by atoms with van der Waals surface area (Å²) in [5.74, 6) is -0.256. The Kier molecular flexibility index (Phi) is 3.28. The molecule has 0 aromatic rings. The zero-order chi connectivity index (χ0) is 9.84. The first-order valence-corrected chi connectivity index (χ1v) is 4.65. The minimum absolute atomic E-state index is 0.0131. The molecule has 0 aromatic heterocycles. The Bertz CT molecular complexity index is 216. The van der Waals surface area contributed by atoms with Crippen molar-refractivity contribution >= 4 is 11.8 Å².